The number of benzene rings is 1. The fraction of sp³-hybridized carbons (Fsp3) is 0.400. The Balaban J connectivity index is -0.0000000383. The molecule has 0 heterocycles. The van der Waals surface area contributed by atoms with E-state index in [9.17, 15) is 0 Å². The van der Waals surface area contributed by atoms with Gasteiger partial charge < -0.3 is 21.5 Å². The third-order valence-electron chi connectivity index (χ3n) is 0.940. The fourth-order valence-corrected chi connectivity index (χ4v) is 0.534. The molecule has 15 heavy (non-hydrogen) atoms. The molecule has 1 aromatic carbocycles. The molecule has 0 aliphatic heterocycles. The van der Waals surface area contributed by atoms with Crippen molar-refractivity contribution < 1.29 is 43.3 Å². The first-order chi connectivity index (χ1) is 5.13. The number of aryl methyl sites for hydroxylation is 1. The first kappa shape index (κ1) is 29.3. The van der Waals surface area contributed by atoms with Crippen molar-refractivity contribution in [2.24, 2.45) is 0 Å². The minimum atomic E-state index is -0.167. The Kier molecular flexibility index (Phi) is 37.9. The van der Waals surface area contributed by atoms with Gasteiger partial charge in [-0.05, 0) is 20.8 Å². The van der Waals surface area contributed by atoms with Crippen molar-refractivity contribution >= 4 is 0 Å². The van der Waals surface area contributed by atoms with Crippen LogP contribution in [0.2, 0.25) is 0 Å². The molecule has 0 saturated carbocycles. The van der Waals surface area contributed by atoms with Crippen molar-refractivity contribution in [3.63, 3.8) is 0 Å². The third-order valence-corrected chi connectivity index (χ3v) is 0.940. The van der Waals surface area contributed by atoms with Gasteiger partial charge in [0, 0.05) is 27.8 Å². The van der Waals surface area contributed by atoms with Crippen LogP contribution in [-0.4, -0.2) is 27.6 Å². The van der Waals surface area contributed by atoms with Gasteiger partial charge in [-0.1, -0.05) is 35.9 Å². The van der Waals surface area contributed by atoms with Crippen LogP contribution < -0.4 is 0 Å². The Morgan fingerprint density at radius 3 is 1.33 bits per heavy atom. The Bertz CT molecular complexity index is 177. The largest absolute Gasteiger partial charge is 0.412 e. The minimum absolute atomic E-state index is 0. The number of aliphatic hydroxyl groups is 1. The fourth-order valence-electron chi connectivity index (χ4n) is 0.534. The van der Waals surface area contributed by atoms with E-state index in [1.165, 1.54) is 5.56 Å². The first-order valence-electron chi connectivity index (χ1n) is 3.82. The predicted molar refractivity (Wildman–Crippen MR) is 59.4 cm³/mol. The second kappa shape index (κ2) is 19.4. The molecule has 0 unspecified atom stereocenters. The van der Waals surface area contributed by atoms with Crippen molar-refractivity contribution in [3.05, 3.63) is 35.9 Å². The van der Waals surface area contributed by atoms with Crippen LogP contribution in [0.5, 0.6) is 0 Å². The maximum Gasteiger partial charge on any atom is 0.0483 e. The van der Waals surface area contributed by atoms with Crippen molar-refractivity contribution in [2.45, 2.75) is 26.9 Å². The molecule has 5 heteroatoms. The van der Waals surface area contributed by atoms with Gasteiger partial charge in [0.25, 0.3) is 0 Å². The zero-order valence-corrected chi connectivity index (χ0v) is 11.0. The molecule has 1 aromatic rings. The third kappa shape index (κ3) is 31.6. The summed E-state index contributed by atoms with van der Waals surface area (Å²) in [7, 11) is 0. The monoisotopic (exact) mass is 254 g/mol. The molecule has 0 fully saturated rings. The van der Waals surface area contributed by atoms with E-state index in [1.54, 1.807) is 13.8 Å². The molecule has 90 valence electrons. The van der Waals surface area contributed by atoms with E-state index >= 15 is 0 Å². The molecule has 1 rings (SSSR count). The van der Waals surface area contributed by atoms with E-state index in [1.807, 2.05) is 18.2 Å². The Morgan fingerprint density at radius 2 is 1.20 bits per heavy atom. The second-order valence-electron chi connectivity index (χ2n) is 2.75. The van der Waals surface area contributed by atoms with E-state index in [0.29, 0.717) is 0 Å². The molecule has 0 bridgehead atoms. The Labute approximate surface area is 106 Å². The van der Waals surface area contributed by atoms with E-state index in [4.69, 9.17) is 5.11 Å². The van der Waals surface area contributed by atoms with Crippen molar-refractivity contribution in [3.8, 4) is 0 Å². The van der Waals surface area contributed by atoms with Gasteiger partial charge in [0.1, 0.15) is 0 Å². The maximum atomic E-state index is 8.06. The molecule has 0 aliphatic carbocycles. The molecule has 4 nitrogen and oxygen atoms in total. The van der Waals surface area contributed by atoms with Crippen molar-refractivity contribution in [2.75, 3.05) is 0 Å². The van der Waals surface area contributed by atoms with Crippen LogP contribution in [0.3, 0.4) is 0 Å². The summed E-state index contributed by atoms with van der Waals surface area (Å²) in [6.45, 7) is 5.53. The van der Waals surface area contributed by atoms with Gasteiger partial charge in [-0.2, -0.15) is 0 Å². The van der Waals surface area contributed by atoms with Crippen LogP contribution in [0.25, 0.3) is 0 Å². The van der Waals surface area contributed by atoms with Gasteiger partial charge in [0.15, 0.2) is 0 Å². The Morgan fingerprint density at radius 1 is 0.933 bits per heavy atom. The normalized spacial score (nSPS) is 6.47. The molecular weight excluding hydrogens is 232 g/mol. The van der Waals surface area contributed by atoms with Gasteiger partial charge >= 0.3 is 0 Å². The molecule has 0 aliphatic rings. The smallest absolute Gasteiger partial charge is 0.0483 e. The minimum Gasteiger partial charge on any atom is -0.412 e. The molecule has 0 radical (unpaired) electrons. The van der Waals surface area contributed by atoms with E-state index < -0.39 is 0 Å². The predicted octanol–water partition coefficient (Wildman–Crippen LogP) is -0.0945. The van der Waals surface area contributed by atoms with Crippen molar-refractivity contribution in [1.29, 1.82) is 0 Å². The average Bonchev–Trinajstić information content (AvgIpc) is 1.87. The summed E-state index contributed by atoms with van der Waals surface area (Å²) in [5.74, 6) is 0. The van der Waals surface area contributed by atoms with Gasteiger partial charge in [-0.25, -0.2) is 0 Å². The molecular formula is C10H22O4Ti. The molecule has 0 aromatic heterocycles. The average molecular weight is 254 g/mol. The number of hydrogen-bond acceptors (Lipinski definition) is 1. The van der Waals surface area contributed by atoms with Gasteiger partial charge in [-0.15, -0.1) is 0 Å². The topological polar surface area (TPSA) is 115 Å². The Hall–Kier alpha value is -0.226. The summed E-state index contributed by atoms with van der Waals surface area (Å²) in [5.41, 5.74) is 1.32. The molecule has 0 spiro atoms. The second-order valence-corrected chi connectivity index (χ2v) is 2.75. The number of rotatable bonds is 0. The van der Waals surface area contributed by atoms with Crippen LogP contribution in [-0.2, 0) is 21.7 Å². The molecule has 0 saturated heterocycles. The maximum absolute atomic E-state index is 8.06. The van der Waals surface area contributed by atoms with E-state index in [-0.39, 0.29) is 44.3 Å². The zero-order chi connectivity index (χ0) is 8.69. The van der Waals surface area contributed by atoms with E-state index in [2.05, 4.69) is 19.1 Å². The molecule has 7 N–H and O–H groups in total. The van der Waals surface area contributed by atoms with Gasteiger partial charge in [-0.3, -0.25) is 0 Å². The first-order valence-corrected chi connectivity index (χ1v) is 3.82. The van der Waals surface area contributed by atoms with Crippen LogP contribution in [0.4, 0.5) is 0 Å². The van der Waals surface area contributed by atoms with E-state index in [0.717, 1.165) is 0 Å². The SMILES string of the molecule is CC(C)O.Cc1ccccc1.O.O.O.[Ti]. The van der Waals surface area contributed by atoms with Gasteiger partial charge in [0.2, 0.25) is 0 Å². The summed E-state index contributed by atoms with van der Waals surface area (Å²) < 4.78 is 0. The zero-order valence-electron chi connectivity index (χ0n) is 9.41. The van der Waals surface area contributed by atoms with Crippen LogP contribution >= 0.6 is 0 Å². The number of aliphatic hydroxyl groups excluding tert-OH is 1. The summed E-state index contributed by atoms with van der Waals surface area (Å²) in [6.07, 6.45) is -0.167. The van der Waals surface area contributed by atoms with Crippen LogP contribution in [0.1, 0.15) is 19.4 Å². The number of hydrogen-bond donors (Lipinski definition) is 1. The summed E-state index contributed by atoms with van der Waals surface area (Å²) in [5, 5.41) is 8.06. The molecule has 0 amide bonds. The van der Waals surface area contributed by atoms with Crippen LogP contribution in [0.15, 0.2) is 30.3 Å². The summed E-state index contributed by atoms with van der Waals surface area (Å²) >= 11 is 0. The quantitative estimate of drug-likeness (QED) is 0.640. The molecule has 0 atom stereocenters. The standard InChI is InChI=1S/C7H8.C3H8O.3H2O.Ti/c1-7-5-3-2-4-6-7;1-3(2)4;;;;/h2-6H,1H3;3-4H,1-2H3;3*1H2;. The summed E-state index contributed by atoms with van der Waals surface area (Å²) in [6, 6.07) is 10.3. The van der Waals surface area contributed by atoms with Gasteiger partial charge in [0.05, 0.1) is 0 Å². The summed E-state index contributed by atoms with van der Waals surface area (Å²) in [4.78, 5) is 0. The van der Waals surface area contributed by atoms with Crippen LogP contribution in [0, 0.1) is 6.92 Å². The van der Waals surface area contributed by atoms with Crippen molar-refractivity contribution in [1.82, 2.24) is 0 Å².